The molecule has 0 fully saturated rings. The van der Waals surface area contributed by atoms with Crippen LogP contribution >= 0.6 is 17.0 Å². The number of fused-ring (bicyclic) bond motifs is 4. The molecule has 0 radical (unpaired) electrons. The van der Waals surface area contributed by atoms with E-state index in [0.29, 0.717) is 0 Å². The third kappa shape index (κ3) is 6.27. The average Bonchev–Trinajstić information content (AvgIpc) is 3.57. The van der Waals surface area contributed by atoms with Gasteiger partial charge in [-0.15, -0.1) is 0 Å². The molecule has 1 atom stereocenters. The van der Waals surface area contributed by atoms with Crippen LogP contribution in [0.25, 0.3) is 28.3 Å². The summed E-state index contributed by atoms with van der Waals surface area (Å²) in [5, 5.41) is 3.03. The quantitative estimate of drug-likeness (QED) is 0.139. The van der Waals surface area contributed by atoms with Crippen molar-refractivity contribution in [3.63, 3.8) is 0 Å². The van der Waals surface area contributed by atoms with E-state index in [4.69, 9.17) is 17.0 Å². The van der Waals surface area contributed by atoms with Gasteiger partial charge in [-0.05, 0) is 0 Å². The molecule has 4 aromatic rings. The van der Waals surface area contributed by atoms with Crippen LogP contribution in [0.1, 0.15) is 113 Å². The molecule has 6 rings (SSSR count). The van der Waals surface area contributed by atoms with E-state index in [2.05, 4.69) is 134 Å². The van der Waals surface area contributed by atoms with Gasteiger partial charge < -0.3 is 0 Å². The van der Waals surface area contributed by atoms with E-state index in [9.17, 15) is 0 Å². The van der Waals surface area contributed by atoms with Gasteiger partial charge in [0, 0.05) is 0 Å². The molecule has 0 saturated heterocycles. The Morgan fingerprint density at radius 2 is 1.41 bits per heavy atom. The molecule has 1 unspecified atom stereocenters. The molecule has 4 heteroatoms. The standard InChI is InChI=1S/C30H41.C12H9Si.2ClH.Zr/c1-9-11-13-21-16-23-15-14-22(12-10-2)28(27(23)17-21)24-18-25(29(3,4)5)20-26(19-24)30(6,7)8;1-3-7-11-9(5-1)10-6-2-4-8-12(10)13-11;;;/h14-20H,9-13H2,1-8H3;1-7H,13H2;2*1H;/q;;;;+2/p-2. The van der Waals surface area contributed by atoms with Crippen LogP contribution < -0.4 is 13.6 Å². The second-order valence-corrected chi connectivity index (χ2v) is 31.5. The first-order chi connectivity index (χ1) is 21.8. The van der Waals surface area contributed by atoms with Crippen molar-refractivity contribution in [1.29, 1.82) is 0 Å². The zero-order valence-electron chi connectivity index (χ0n) is 29.1. The number of hydrogen-bond acceptors (Lipinski definition) is 0. The van der Waals surface area contributed by atoms with Gasteiger partial charge in [-0.3, -0.25) is 0 Å². The van der Waals surface area contributed by atoms with E-state index in [-0.39, 0.29) is 14.5 Å². The minimum atomic E-state index is -4.04. The zero-order valence-corrected chi connectivity index (χ0v) is 34.5. The summed E-state index contributed by atoms with van der Waals surface area (Å²) in [4.78, 5) is 0. The van der Waals surface area contributed by atoms with Crippen molar-refractivity contribution in [2.45, 2.75) is 102 Å². The van der Waals surface area contributed by atoms with Crippen molar-refractivity contribution < 1.29 is 17.9 Å². The van der Waals surface area contributed by atoms with E-state index in [0.717, 1.165) is 32.1 Å². The molecule has 0 saturated carbocycles. The second kappa shape index (κ2) is 13.0. The summed E-state index contributed by atoms with van der Waals surface area (Å²) in [7, 11) is 15.4. The number of unbranched alkanes of at least 4 members (excludes halogenated alkanes) is 1. The third-order valence-corrected chi connectivity index (χ3v) is 24.6. The first-order valence-electron chi connectivity index (χ1n) is 17.4. The summed E-state index contributed by atoms with van der Waals surface area (Å²) in [5.74, 6) is 0. The molecular formula is C42H50Cl2SiZr. The Morgan fingerprint density at radius 1 is 0.739 bits per heavy atom. The number of rotatable bonds is 8. The van der Waals surface area contributed by atoms with Gasteiger partial charge in [0.25, 0.3) is 0 Å². The Bertz CT molecular complexity index is 1790. The molecule has 0 spiro atoms. The number of hydrogen-bond donors (Lipinski definition) is 0. The normalized spacial score (nSPS) is 16.4. The molecule has 0 amide bonds. The molecule has 0 N–H and O–H groups in total. The van der Waals surface area contributed by atoms with Gasteiger partial charge in [0.1, 0.15) is 0 Å². The van der Waals surface area contributed by atoms with Crippen molar-refractivity contribution in [2.75, 3.05) is 0 Å². The molecule has 1 aliphatic heterocycles. The Balaban J connectivity index is 1.57. The van der Waals surface area contributed by atoms with E-state index >= 15 is 0 Å². The molecule has 0 aromatic heterocycles. The molecule has 0 bridgehead atoms. The fraction of sp³-hybridized carbons (Fsp3) is 0.381. The van der Waals surface area contributed by atoms with Crippen LogP contribution in [0.4, 0.5) is 0 Å². The van der Waals surface area contributed by atoms with E-state index in [1.165, 1.54) is 69.3 Å². The molecule has 1 heterocycles. The van der Waals surface area contributed by atoms with E-state index < -0.39 is 27.4 Å². The van der Waals surface area contributed by atoms with Crippen molar-refractivity contribution in [3.05, 3.63) is 106 Å². The molecule has 2 aliphatic rings. The Kier molecular flexibility index (Phi) is 9.63. The van der Waals surface area contributed by atoms with E-state index in [1.54, 1.807) is 0 Å². The minimum absolute atomic E-state index is 0.0522. The zero-order chi connectivity index (χ0) is 33.0. The molecule has 4 aromatic carbocycles. The maximum atomic E-state index is 8.02. The number of halogens is 2. The first kappa shape index (κ1) is 34.2. The van der Waals surface area contributed by atoms with Crippen LogP contribution in [0.2, 0.25) is 0 Å². The first-order valence-corrected chi connectivity index (χ1v) is 27.8. The van der Waals surface area contributed by atoms with Crippen molar-refractivity contribution in [1.82, 2.24) is 0 Å². The fourth-order valence-corrected chi connectivity index (χ4v) is 24.5. The van der Waals surface area contributed by atoms with Gasteiger partial charge in [0.05, 0.1) is 0 Å². The van der Waals surface area contributed by atoms with E-state index in [1.807, 2.05) is 0 Å². The van der Waals surface area contributed by atoms with Gasteiger partial charge >= 0.3 is 295 Å². The van der Waals surface area contributed by atoms with Crippen molar-refractivity contribution >= 4 is 46.3 Å². The van der Waals surface area contributed by atoms with Crippen LogP contribution in [0.15, 0.2) is 78.4 Å². The van der Waals surface area contributed by atoms with Gasteiger partial charge in [-0.2, -0.15) is 0 Å². The summed E-state index contributed by atoms with van der Waals surface area (Å²) in [6.45, 7) is 18.6. The molecular weight excluding hydrogens is 695 g/mol. The van der Waals surface area contributed by atoms with Crippen LogP contribution in [0.5, 0.6) is 0 Å². The van der Waals surface area contributed by atoms with Gasteiger partial charge in [-0.1, -0.05) is 0 Å². The number of benzene rings is 4. The van der Waals surface area contributed by atoms with Crippen LogP contribution in [0.3, 0.4) is 0 Å². The summed E-state index contributed by atoms with van der Waals surface area (Å²) in [5.41, 5.74) is 14.1. The van der Waals surface area contributed by atoms with Gasteiger partial charge in [-0.25, -0.2) is 0 Å². The Hall–Kier alpha value is -1.70. The number of allylic oxidation sites excluding steroid dienone is 1. The van der Waals surface area contributed by atoms with Crippen molar-refractivity contribution in [3.8, 4) is 22.3 Å². The monoisotopic (exact) mass is 742 g/mol. The summed E-state index contributed by atoms with van der Waals surface area (Å²) in [6.07, 6.45) is 8.08. The summed E-state index contributed by atoms with van der Waals surface area (Å²) < 4.78 is 1.44. The predicted octanol–water partition coefficient (Wildman–Crippen LogP) is 10.4. The summed E-state index contributed by atoms with van der Waals surface area (Å²) in [6, 6.07) is 28.0. The third-order valence-electron chi connectivity index (χ3n) is 10.2. The van der Waals surface area contributed by atoms with Gasteiger partial charge in [0.15, 0.2) is 0 Å². The molecule has 240 valence electrons. The van der Waals surface area contributed by atoms with Crippen LogP contribution in [0, 0.1) is 0 Å². The van der Waals surface area contributed by atoms with Gasteiger partial charge in [0.2, 0.25) is 0 Å². The topological polar surface area (TPSA) is 0 Å². The van der Waals surface area contributed by atoms with Crippen LogP contribution in [-0.4, -0.2) is 9.52 Å². The SMILES string of the molecule is CCCCC1=Cc2c(ccc(CCC)c2-c2cc(C(C)(C)C)cc(C(C)(C)C)c2)[CH]1[Zr]([Cl])([Cl])[c]1cccc2c1[SiH2]c1ccccc1-2. The molecule has 1 aliphatic carbocycles. The predicted molar refractivity (Wildman–Crippen MR) is 205 cm³/mol. The maximum absolute atomic E-state index is 8.02. The second-order valence-electron chi connectivity index (χ2n) is 15.7. The number of aryl methyl sites for hydroxylation is 1. The Morgan fingerprint density at radius 3 is 2.07 bits per heavy atom. The molecule has 46 heavy (non-hydrogen) atoms. The summed E-state index contributed by atoms with van der Waals surface area (Å²) >= 11 is -4.04. The molecule has 0 nitrogen and oxygen atoms in total. The van der Waals surface area contributed by atoms with Crippen LogP contribution in [-0.2, 0) is 35.1 Å². The fourth-order valence-electron chi connectivity index (χ4n) is 7.66. The Labute approximate surface area is 292 Å². The average molecular weight is 745 g/mol. The van der Waals surface area contributed by atoms with Crippen molar-refractivity contribution in [2.24, 2.45) is 0 Å².